The van der Waals surface area contributed by atoms with Crippen molar-refractivity contribution in [1.29, 1.82) is 0 Å². The number of non-ortho nitro benzene ring substituents is 1. The average Bonchev–Trinajstić information content (AvgIpc) is 3.11. The SMILES string of the molecule is O=C(C1CCCCC1)N1CCN(c2nc3ccc([N+](=O)[O-])cc3s2)CC1. The van der Waals surface area contributed by atoms with E-state index in [9.17, 15) is 14.9 Å². The van der Waals surface area contributed by atoms with Gasteiger partial charge in [0.25, 0.3) is 5.69 Å². The number of anilines is 1. The highest BCUT2D eigenvalue weighted by Gasteiger charge is 2.29. The van der Waals surface area contributed by atoms with Crippen molar-refractivity contribution in [2.75, 3.05) is 31.1 Å². The Morgan fingerprint density at radius 2 is 1.88 bits per heavy atom. The fourth-order valence-corrected chi connectivity index (χ4v) is 4.93. The Kier molecular flexibility index (Phi) is 4.76. The van der Waals surface area contributed by atoms with Crippen LogP contribution < -0.4 is 4.90 Å². The minimum Gasteiger partial charge on any atom is -0.345 e. The second-order valence-electron chi connectivity index (χ2n) is 7.05. The number of nitro benzene ring substituents is 1. The molecule has 0 atom stereocenters. The number of fused-ring (bicyclic) bond motifs is 1. The Labute approximate surface area is 155 Å². The second-order valence-corrected chi connectivity index (χ2v) is 8.06. The highest BCUT2D eigenvalue weighted by atomic mass is 32.1. The summed E-state index contributed by atoms with van der Waals surface area (Å²) in [6.07, 6.45) is 5.68. The minimum absolute atomic E-state index is 0.0931. The molecular weight excluding hydrogens is 352 g/mol. The summed E-state index contributed by atoms with van der Waals surface area (Å²) in [7, 11) is 0. The van der Waals surface area contributed by atoms with Crippen LogP contribution >= 0.6 is 11.3 Å². The number of nitro groups is 1. The Morgan fingerprint density at radius 3 is 2.58 bits per heavy atom. The molecule has 1 aromatic carbocycles. The number of rotatable bonds is 3. The van der Waals surface area contributed by atoms with Gasteiger partial charge < -0.3 is 9.80 Å². The Hall–Kier alpha value is -2.22. The van der Waals surface area contributed by atoms with E-state index in [1.54, 1.807) is 12.1 Å². The normalized spacial score (nSPS) is 19.1. The molecule has 1 aliphatic carbocycles. The summed E-state index contributed by atoms with van der Waals surface area (Å²) in [5.74, 6) is 0.544. The van der Waals surface area contributed by atoms with E-state index in [-0.39, 0.29) is 16.5 Å². The van der Waals surface area contributed by atoms with Gasteiger partial charge in [0.15, 0.2) is 5.13 Å². The third kappa shape index (κ3) is 3.38. The summed E-state index contributed by atoms with van der Waals surface area (Å²) in [5, 5.41) is 11.8. The highest BCUT2D eigenvalue weighted by molar-refractivity contribution is 7.22. The Balaban J connectivity index is 1.42. The molecule has 26 heavy (non-hydrogen) atoms. The van der Waals surface area contributed by atoms with Gasteiger partial charge in [0.2, 0.25) is 5.91 Å². The van der Waals surface area contributed by atoms with Crippen LogP contribution in [0.4, 0.5) is 10.8 Å². The van der Waals surface area contributed by atoms with Crippen molar-refractivity contribution in [2.24, 2.45) is 5.92 Å². The van der Waals surface area contributed by atoms with E-state index < -0.39 is 0 Å². The van der Waals surface area contributed by atoms with Crippen LogP contribution in [0.3, 0.4) is 0 Å². The number of hydrogen-bond acceptors (Lipinski definition) is 6. The maximum atomic E-state index is 12.7. The number of benzene rings is 1. The van der Waals surface area contributed by atoms with Crippen molar-refractivity contribution in [3.05, 3.63) is 28.3 Å². The number of aromatic nitrogens is 1. The predicted octanol–water partition coefficient (Wildman–Crippen LogP) is 3.43. The first-order chi connectivity index (χ1) is 12.6. The maximum absolute atomic E-state index is 12.7. The zero-order valence-electron chi connectivity index (χ0n) is 14.6. The van der Waals surface area contributed by atoms with Crippen molar-refractivity contribution in [3.63, 3.8) is 0 Å². The summed E-state index contributed by atoms with van der Waals surface area (Å²) in [4.78, 5) is 32.0. The van der Waals surface area contributed by atoms with Crippen molar-refractivity contribution in [2.45, 2.75) is 32.1 Å². The number of carbonyl (C=O) groups is 1. The van der Waals surface area contributed by atoms with Crippen LogP contribution in [0.1, 0.15) is 32.1 Å². The van der Waals surface area contributed by atoms with E-state index in [2.05, 4.69) is 9.88 Å². The molecule has 1 aliphatic heterocycles. The van der Waals surface area contributed by atoms with Gasteiger partial charge in [-0.3, -0.25) is 14.9 Å². The van der Waals surface area contributed by atoms with Gasteiger partial charge in [0.1, 0.15) is 0 Å². The molecule has 2 aromatic rings. The Morgan fingerprint density at radius 1 is 1.15 bits per heavy atom. The molecular formula is C18H22N4O3S. The predicted molar refractivity (Wildman–Crippen MR) is 102 cm³/mol. The largest absolute Gasteiger partial charge is 0.345 e. The molecule has 0 radical (unpaired) electrons. The summed E-state index contributed by atoms with van der Waals surface area (Å²) < 4.78 is 0.829. The van der Waals surface area contributed by atoms with Crippen LogP contribution in [0.25, 0.3) is 10.2 Å². The van der Waals surface area contributed by atoms with Crippen LogP contribution in [0, 0.1) is 16.0 Å². The molecule has 4 rings (SSSR count). The van der Waals surface area contributed by atoms with Gasteiger partial charge in [-0.2, -0.15) is 0 Å². The Bertz CT molecular complexity index is 823. The number of carbonyl (C=O) groups excluding carboxylic acids is 1. The summed E-state index contributed by atoms with van der Waals surface area (Å²) in [5.41, 5.74) is 0.881. The summed E-state index contributed by atoms with van der Waals surface area (Å²) >= 11 is 1.48. The molecule has 2 fully saturated rings. The van der Waals surface area contributed by atoms with Crippen molar-refractivity contribution in [1.82, 2.24) is 9.88 Å². The molecule has 1 saturated heterocycles. The van der Waals surface area contributed by atoms with E-state index in [1.807, 2.05) is 4.90 Å². The monoisotopic (exact) mass is 374 g/mol. The first-order valence-electron chi connectivity index (χ1n) is 9.20. The van der Waals surface area contributed by atoms with E-state index in [0.29, 0.717) is 5.91 Å². The fourth-order valence-electron chi connectivity index (χ4n) is 3.88. The topological polar surface area (TPSA) is 79.6 Å². The van der Waals surface area contributed by atoms with Crippen molar-refractivity contribution in [3.8, 4) is 0 Å². The van der Waals surface area contributed by atoms with Crippen molar-refractivity contribution < 1.29 is 9.72 Å². The molecule has 1 aromatic heterocycles. The molecule has 0 spiro atoms. The molecule has 1 amide bonds. The van der Waals surface area contributed by atoms with Crippen LogP contribution in [0.2, 0.25) is 0 Å². The van der Waals surface area contributed by atoms with Crippen LogP contribution in [-0.2, 0) is 4.79 Å². The second kappa shape index (κ2) is 7.19. The zero-order valence-corrected chi connectivity index (χ0v) is 15.4. The zero-order chi connectivity index (χ0) is 18.1. The third-order valence-corrected chi connectivity index (χ3v) is 6.47. The van der Waals surface area contributed by atoms with Gasteiger partial charge in [0.05, 0.1) is 15.1 Å². The van der Waals surface area contributed by atoms with Gasteiger partial charge >= 0.3 is 0 Å². The first-order valence-corrected chi connectivity index (χ1v) is 10.0. The van der Waals surface area contributed by atoms with Gasteiger partial charge in [-0.1, -0.05) is 30.6 Å². The van der Waals surface area contributed by atoms with Crippen molar-refractivity contribution >= 4 is 38.3 Å². The van der Waals surface area contributed by atoms with E-state index in [4.69, 9.17) is 0 Å². The van der Waals surface area contributed by atoms with Crippen LogP contribution in [0.15, 0.2) is 18.2 Å². The lowest BCUT2D eigenvalue weighted by molar-refractivity contribution is -0.384. The summed E-state index contributed by atoms with van der Waals surface area (Å²) in [6.45, 7) is 2.98. The summed E-state index contributed by atoms with van der Waals surface area (Å²) in [6, 6.07) is 4.78. The lowest BCUT2D eigenvalue weighted by Crippen LogP contribution is -2.50. The van der Waals surface area contributed by atoms with Gasteiger partial charge in [-0.05, 0) is 18.9 Å². The molecule has 1 saturated carbocycles. The average molecular weight is 374 g/mol. The number of amides is 1. The van der Waals surface area contributed by atoms with E-state index in [0.717, 1.165) is 54.4 Å². The molecule has 8 heteroatoms. The molecule has 0 unspecified atom stereocenters. The number of hydrogen-bond donors (Lipinski definition) is 0. The number of nitrogens with zero attached hydrogens (tertiary/aromatic N) is 4. The standard InChI is InChI=1S/C18H22N4O3S/c23-17(13-4-2-1-3-5-13)20-8-10-21(11-9-20)18-19-15-7-6-14(22(24)25)12-16(15)26-18/h6-7,12-13H,1-5,8-11H2. The molecule has 7 nitrogen and oxygen atoms in total. The van der Waals surface area contributed by atoms with Gasteiger partial charge in [-0.25, -0.2) is 4.98 Å². The smallest absolute Gasteiger partial charge is 0.270 e. The molecule has 2 heterocycles. The number of piperazine rings is 1. The fraction of sp³-hybridized carbons (Fsp3) is 0.556. The maximum Gasteiger partial charge on any atom is 0.270 e. The molecule has 138 valence electrons. The van der Waals surface area contributed by atoms with Crippen LogP contribution in [-0.4, -0.2) is 46.9 Å². The van der Waals surface area contributed by atoms with Gasteiger partial charge in [-0.15, -0.1) is 0 Å². The highest BCUT2D eigenvalue weighted by Crippen LogP contribution is 2.32. The van der Waals surface area contributed by atoms with Gasteiger partial charge in [0, 0.05) is 44.2 Å². The van der Waals surface area contributed by atoms with E-state index in [1.165, 1.54) is 36.7 Å². The molecule has 2 aliphatic rings. The first kappa shape index (κ1) is 17.2. The lowest BCUT2D eigenvalue weighted by Gasteiger charge is -2.37. The molecule has 0 N–H and O–H groups in total. The minimum atomic E-state index is -0.380. The third-order valence-electron chi connectivity index (χ3n) is 5.39. The van der Waals surface area contributed by atoms with E-state index >= 15 is 0 Å². The quantitative estimate of drug-likeness (QED) is 0.607. The number of thiazole rings is 1. The molecule has 0 bridgehead atoms. The lowest BCUT2D eigenvalue weighted by atomic mass is 9.88. The van der Waals surface area contributed by atoms with Crippen LogP contribution in [0.5, 0.6) is 0 Å².